The molecule has 0 saturated heterocycles. The number of rotatable bonds is 6. The summed E-state index contributed by atoms with van der Waals surface area (Å²) in [4.78, 5) is 24.4. The summed E-state index contributed by atoms with van der Waals surface area (Å²) in [6, 6.07) is 11.7. The van der Waals surface area contributed by atoms with E-state index in [0.717, 1.165) is 5.56 Å². The van der Waals surface area contributed by atoms with Crippen LogP contribution in [-0.2, 0) is 24.3 Å². The molecule has 8 nitrogen and oxygen atoms in total. The Hall–Kier alpha value is -3.17. The number of para-hydroxylation sites is 1. The Bertz CT molecular complexity index is 1090. The maximum atomic E-state index is 12.2. The number of carbonyl (C=O) groups is 2. The normalized spacial score (nSPS) is 13.0. The molecule has 0 saturated carbocycles. The van der Waals surface area contributed by atoms with Crippen LogP contribution in [-0.4, -0.2) is 40.6 Å². The summed E-state index contributed by atoms with van der Waals surface area (Å²) < 4.78 is 36.8. The molecular formula is C20H20N2O6S. The number of carbonyl (C=O) groups excluding carboxylic acids is 2. The largest absolute Gasteiger partial charge is 0.488 e. The number of benzene rings is 2. The number of nitrogens with one attached hydrogen (secondary N) is 2. The molecule has 0 aromatic heterocycles. The zero-order chi connectivity index (χ0) is 21.0. The summed E-state index contributed by atoms with van der Waals surface area (Å²) in [5, 5.41) is 2.52. The fraction of sp³-hybridized carbons (Fsp3) is 0.200. The third kappa shape index (κ3) is 4.82. The highest BCUT2D eigenvalue weighted by Crippen LogP contribution is 2.26. The average molecular weight is 416 g/mol. The van der Waals surface area contributed by atoms with Crippen molar-refractivity contribution < 1.29 is 27.5 Å². The van der Waals surface area contributed by atoms with Crippen LogP contribution in [0.15, 0.2) is 52.9 Å². The number of sulfonamides is 1. The lowest BCUT2D eigenvalue weighted by Gasteiger charge is -2.17. The molecule has 29 heavy (non-hydrogen) atoms. The minimum Gasteiger partial charge on any atom is -0.488 e. The maximum Gasteiger partial charge on any atom is 0.338 e. The van der Waals surface area contributed by atoms with E-state index in [0.29, 0.717) is 16.9 Å². The molecule has 2 aromatic rings. The summed E-state index contributed by atoms with van der Waals surface area (Å²) in [5.41, 5.74) is 1.87. The molecular weight excluding hydrogens is 396 g/mol. The van der Waals surface area contributed by atoms with Gasteiger partial charge in [0, 0.05) is 11.3 Å². The van der Waals surface area contributed by atoms with Gasteiger partial charge in [-0.15, -0.1) is 0 Å². The zero-order valence-corrected chi connectivity index (χ0v) is 16.7. The molecule has 0 unspecified atom stereocenters. The summed E-state index contributed by atoms with van der Waals surface area (Å²) in [7, 11) is -2.35. The highest BCUT2D eigenvalue weighted by atomic mass is 32.2. The van der Waals surface area contributed by atoms with E-state index in [2.05, 4.69) is 10.0 Å². The van der Waals surface area contributed by atoms with Gasteiger partial charge >= 0.3 is 5.97 Å². The Morgan fingerprint density at radius 3 is 2.69 bits per heavy atom. The zero-order valence-electron chi connectivity index (χ0n) is 15.9. The number of aryl methyl sites for hydroxylation is 1. The highest BCUT2D eigenvalue weighted by Gasteiger charge is 2.20. The van der Waals surface area contributed by atoms with Crippen LogP contribution in [0.4, 0.5) is 5.69 Å². The van der Waals surface area contributed by atoms with Gasteiger partial charge in [0.1, 0.15) is 12.4 Å². The van der Waals surface area contributed by atoms with E-state index in [1.165, 1.54) is 13.1 Å². The van der Waals surface area contributed by atoms with Crippen molar-refractivity contribution in [3.8, 4) is 5.75 Å². The molecule has 1 aliphatic rings. The fourth-order valence-electron chi connectivity index (χ4n) is 2.73. The second-order valence-electron chi connectivity index (χ2n) is 6.31. The molecule has 3 rings (SSSR count). The van der Waals surface area contributed by atoms with Crippen LogP contribution in [0.2, 0.25) is 0 Å². The van der Waals surface area contributed by atoms with Gasteiger partial charge < -0.3 is 14.8 Å². The maximum absolute atomic E-state index is 12.2. The molecule has 0 fully saturated rings. The molecule has 0 atom stereocenters. The van der Waals surface area contributed by atoms with Gasteiger partial charge in [0.2, 0.25) is 10.0 Å². The molecule has 1 aliphatic heterocycles. The van der Waals surface area contributed by atoms with Gasteiger partial charge in [-0.25, -0.2) is 17.9 Å². The predicted octanol–water partition coefficient (Wildman–Crippen LogP) is 1.86. The molecule has 1 amide bonds. The molecule has 1 heterocycles. The van der Waals surface area contributed by atoms with Crippen LogP contribution in [0.3, 0.4) is 0 Å². The Morgan fingerprint density at radius 2 is 1.93 bits per heavy atom. The Kier molecular flexibility index (Phi) is 6.00. The van der Waals surface area contributed by atoms with E-state index in [-0.39, 0.29) is 17.2 Å². The van der Waals surface area contributed by atoms with Gasteiger partial charge in [0.15, 0.2) is 6.61 Å². The van der Waals surface area contributed by atoms with E-state index in [1.807, 2.05) is 18.2 Å². The summed E-state index contributed by atoms with van der Waals surface area (Å²) in [5.74, 6) is -0.571. The summed E-state index contributed by atoms with van der Waals surface area (Å²) in [6.07, 6.45) is 1.66. The van der Waals surface area contributed by atoms with Gasteiger partial charge in [0.25, 0.3) is 5.91 Å². The number of esters is 1. The van der Waals surface area contributed by atoms with Gasteiger partial charge in [-0.05, 0) is 43.8 Å². The molecule has 2 aromatic carbocycles. The van der Waals surface area contributed by atoms with Gasteiger partial charge in [-0.1, -0.05) is 24.3 Å². The van der Waals surface area contributed by atoms with Crippen LogP contribution in [0.25, 0.3) is 6.08 Å². The summed E-state index contributed by atoms with van der Waals surface area (Å²) in [6.45, 7) is 1.19. The second-order valence-corrected chi connectivity index (χ2v) is 8.16. The first-order chi connectivity index (χ1) is 13.8. The van der Waals surface area contributed by atoms with Crippen molar-refractivity contribution in [2.45, 2.75) is 11.8 Å². The Labute approximate surface area is 168 Å². The topological polar surface area (TPSA) is 111 Å². The lowest BCUT2D eigenvalue weighted by molar-refractivity contribution is -0.143. The highest BCUT2D eigenvalue weighted by molar-refractivity contribution is 7.89. The number of amides is 1. The number of hydrogen-bond donors (Lipinski definition) is 2. The first-order valence-corrected chi connectivity index (χ1v) is 10.2. The van der Waals surface area contributed by atoms with E-state index >= 15 is 0 Å². The van der Waals surface area contributed by atoms with Crippen molar-refractivity contribution in [3.05, 3.63) is 59.2 Å². The van der Waals surface area contributed by atoms with Crippen molar-refractivity contribution in [2.24, 2.45) is 0 Å². The van der Waals surface area contributed by atoms with Crippen LogP contribution in [0.5, 0.6) is 5.75 Å². The van der Waals surface area contributed by atoms with Crippen LogP contribution < -0.4 is 14.8 Å². The van der Waals surface area contributed by atoms with Gasteiger partial charge in [0.05, 0.1) is 10.5 Å². The Balaban J connectivity index is 1.62. The number of ether oxygens (including phenoxy) is 2. The molecule has 0 radical (unpaired) electrons. The molecule has 0 bridgehead atoms. The van der Waals surface area contributed by atoms with Crippen molar-refractivity contribution in [1.82, 2.24) is 4.72 Å². The third-order valence-electron chi connectivity index (χ3n) is 4.26. The molecule has 0 aliphatic carbocycles. The smallest absolute Gasteiger partial charge is 0.338 e. The number of fused-ring (bicyclic) bond motifs is 1. The number of anilines is 1. The molecule has 2 N–H and O–H groups in total. The molecule has 0 spiro atoms. The second kappa shape index (κ2) is 8.46. The van der Waals surface area contributed by atoms with E-state index in [9.17, 15) is 18.0 Å². The van der Waals surface area contributed by atoms with Crippen LogP contribution in [0.1, 0.15) is 11.1 Å². The third-order valence-corrected chi connectivity index (χ3v) is 5.81. The lowest BCUT2D eigenvalue weighted by atomic mass is 10.1. The lowest BCUT2D eigenvalue weighted by Crippen LogP contribution is -2.24. The van der Waals surface area contributed by atoms with E-state index in [1.54, 1.807) is 31.2 Å². The van der Waals surface area contributed by atoms with Crippen LogP contribution >= 0.6 is 0 Å². The monoisotopic (exact) mass is 416 g/mol. The van der Waals surface area contributed by atoms with Crippen molar-refractivity contribution in [3.63, 3.8) is 0 Å². The van der Waals surface area contributed by atoms with Gasteiger partial charge in [-0.2, -0.15) is 0 Å². The minimum absolute atomic E-state index is 0.0537. The van der Waals surface area contributed by atoms with Crippen molar-refractivity contribution in [2.75, 3.05) is 25.6 Å². The SMILES string of the molecule is CNS(=O)(=O)c1cc(NC(=O)COC(=O)C2=Cc3ccccc3OC2)ccc1C. The van der Waals surface area contributed by atoms with Crippen molar-refractivity contribution >= 4 is 33.7 Å². The molecule has 152 valence electrons. The van der Waals surface area contributed by atoms with Gasteiger partial charge in [-0.3, -0.25) is 4.79 Å². The minimum atomic E-state index is -3.66. The summed E-state index contributed by atoms with van der Waals surface area (Å²) >= 11 is 0. The first kappa shape index (κ1) is 20.6. The fourth-order valence-corrected chi connectivity index (χ4v) is 3.73. The Morgan fingerprint density at radius 1 is 1.17 bits per heavy atom. The average Bonchev–Trinajstić information content (AvgIpc) is 2.72. The van der Waals surface area contributed by atoms with Crippen molar-refractivity contribution in [1.29, 1.82) is 0 Å². The van der Waals surface area contributed by atoms with Crippen LogP contribution in [0, 0.1) is 6.92 Å². The standard InChI is InChI=1S/C20H20N2O6S/c1-13-7-8-16(10-18(13)29(25,26)21-2)22-19(23)12-28-20(24)15-9-14-5-3-4-6-17(14)27-11-15/h3-10,21H,11-12H2,1-2H3,(H,22,23). The van der Waals surface area contributed by atoms with E-state index < -0.39 is 28.5 Å². The first-order valence-electron chi connectivity index (χ1n) is 8.74. The quantitative estimate of drug-likeness (QED) is 0.696. The van der Waals surface area contributed by atoms with E-state index in [4.69, 9.17) is 9.47 Å². The predicted molar refractivity (Wildman–Crippen MR) is 107 cm³/mol. The molecule has 9 heteroatoms. The number of hydrogen-bond acceptors (Lipinski definition) is 6.